The number of hydrogen-bond donors (Lipinski definition) is 2. The maximum absolute atomic E-state index is 12.7. The second-order valence-electron chi connectivity index (χ2n) is 10.6. The van der Waals surface area contributed by atoms with Crippen molar-refractivity contribution < 1.29 is 19.1 Å². The Morgan fingerprint density at radius 2 is 1.89 bits per heavy atom. The number of carbonyl (C=O) groups excluding carboxylic acids is 2. The highest BCUT2D eigenvalue weighted by molar-refractivity contribution is 7.14. The van der Waals surface area contributed by atoms with Crippen LogP contribution in [0, 0.1) is 0 Å². The lowest BCUT2D eigenvalue weighted by Crippen LogP contribution is -2.45. The summed E-state index contributed by atoms with van der Waals surface area (Å²) in [4.78, 5) is 36.8. The molecule has 0 bridgehead atoms. The topological polar surface area (TPSA) is 106 Å². The molecule has 0 radical (unpaired) electrons. The molecule has 5 rings (SSSR count). The quantitative estimate of drug-likeness (QED) is 0.492. The molecule has 1 aromatic carbocycles. The van der Waals surface area contributed by atoms with Gasteiger partial charge in [-0.15, -0.1) is 11.3 Å². The summed E-state index contributed by atoms with van der Waals surface area (Å²) >= 11 is 1.32. The first kappa shape index (κ1) is 26.3. The van der Waals surface area contributed by atoms with Gasteiger partial charge in [0.15, 0.2) is 5.13 Å². The van der Waals surface area contributed by atoms with Gasteiger partial charge in [0.25, 0.3) is 5.91 Å². The van der Waals surface area contributed by atoms with Gasteiger partial charge in [0.1, 0.15) is 11.5 Å². The molecule has 0 aliphatic carbocycles. The van der Waals surface area contributed by atoms with E-state index in [1.54, 1.807) is 6.07 Å². The Kier molecular flexibility index (Phi) is 7.47. The van der Waals surface area contributed by atoms with E-state index in [1.807, 2.05) is 35.7 Å². The number of thiazole rings is 1. The van der Waals surface area contributed by atoms with E-state index in [2.05, 4.69) is 48.2 Å². The second-order valence-corrected chi connectivity index (χ2v) is 11.4. The molecule has 9 nitrogen and oxygen atoms in total. The normalized spacial score (nSPS) is 20.5. The summed E-state index contributed by atoms with van der Waals surface area (Å²) in [7, 11) is 0. The van der Waals surface area contributed by atoms with Crippen LogP contribution >= 0.6 is 11.3 Å². The fourth-order valence-corrected chi connectivity index (χ4v) is 5.67. The van der Waals surface area contributed by atoms with Gasteiger partial charge in [0.05, 0.1) is 37.7 Å². The molecule has 38 heavy (non-hydrogen) atoms. The van der Waals surface area contributed by atoms with Crippen LogP contribution in [0.1, 0.15) is 49.2 Å². The van der Waals surface area contributed by atoms with Gasteiger partial charge in [-0.1, -0.05) is 26.0 Å². The first-order valence-electron chi connectivity index (χ1n) is 12.8. The minimum atomic E-state index is -0.344. The molecular weight excluding hydrogens is 502 g/mol. The minimum absolute atomic E-state index is 0.138. The van der Waals surface area contributed by atoms with Crippen molar-refractivity contribution in [2.45, 2.75) is 51.9 Å². The Labute approximate surface area is 226 Å². The number of carbonyl (C=O) groups is 2. The van der Waals surface area contributed by atoms with Gasteiger partial charge in [-0.2, -0.15) is 0 Å². The number of morpholine rings is 1. The predicted molar refractivity (Wildman–Crippen MR) is 148 cm³/mol. The van der Waals surface area contributed by atoms with E-state index >= 15 is 0 Å². The number of hydrogen-bond acceptors (Lipinski definition) is 8. The van der Waals surface area contributed by atoms with Crippen molar-refractivity contribution in [1.29, 1.82) is 0 Å². The van der Waals surface area contributed by atoms with Crippen molar-refractivity contribution in [3.8, 4) is 11.4 Å². The van der Waals surface area contributed by atoms with E-state index in [1.165, 1.54) is 11.3 Å². The molecule has 2 aliphatic rings. The second kappa shape index (κ2) is 10.8. The number of nitrogens with one attached hydrogen (secondary N) is 2. The van der Waals surface area contributed by atoms with Crippen molar-refractivity contribution in [3.63, 3.8) is 0 Å². The molecule has 10 heteroatoms. The van der Waals surface area contributed by atoms with Gasteiger partial charge in [0, 0.05) is 29.4 Å². The van der Waals surface area contributed by atoms with Crippen LogP contribution in [0.2, 0.25) is 0 Å². The van der Waals surface area contributed by atoms with Crippen LogP contribution in [0.4, 0.5) is 10.9 Å². The summed E-state index contributed by atoms with van der Waals surface area (Å²) in [6, 6.07) is 11.4. The number of benzene rings is 1. The molecule has 0 spiro atoms. The largest absolute Gasteiger partial charge is 0.376 e. The smallest absolute Gasteiger partial charge is 0.251 e. The SMILES string of the molecule is C[C@@H]1CN(c2cccc(-c3csc(NC(=O)CNC(=O)c4ccc5c(c4)C(C)(C)COC5)n3)n2)C[C@H](C)O1. The van der Waals surface area contributed by atoms with E-state index in [9.17, 15) is 9.59 Å². The summed E-state index contributed by atoms with van der Waals surface area (Å²) in [5.74, 6) is 0.241. The van der Waals surface area contributed by atoms with Gasteiger partial charge in [-0.25, -0.2) is 9.97 Å². The highest BCUT2D eigenvalue weighted by Crippen LogP contribution is 2.32. The van der Waals surface area contributed by atoms with Crippen molar-refractivity contribution in [3.05, 3.63) is 58.5 Å². The van der Waals surface area contributed by atoms with E-state index in [-0.39, 0.29) is 36.0 Å². The zero-order valence-corrected chi connectivity index (χ0v) is 22.9. The highest BCUT2D eigenvalue weighted by Gasteiger charge is 2.29. The molecule has 1 fully saturated rings. The monoisotopic (exact) mass is 535 g/mol. The zero-order chi connectivity index (χ0) is 26.9. The Balaban J connectivity index is 1.18. The Hall–Kier alpha value is -3.34. The van der Waals surface area contributed by atoms with Crippen LogP contribution < -0.4 is 15.5 Å². The first-order valence-corrected chi connectivity index (χ1v) is 13.7. The lowest BCUT2D eigenvalue weighted by atomic mass is 9.80. The van der Waals surface area contributed by atoms with E-state index in [4.69, 9.17) is 14.5 Å². The maximum Gasteiger partial charge on any atom is 0.251 e. The predicted octanol–water partition coefficient (Wildman–Crippen LogP) is 4.00. The van der Waals surface area contributed by atoms with Crippen LogP contribution in [-0.2, 0) is 26.3 Å². The standard InChI is InChI=1S/C28H33N5O4S/c1-17-12-33(13-18(2)37-17)24-7-5-6-22(30-24)23-15-38-27(31-23)32-25(34)11-29-26(35)19-8-9-20-14-36-16-28(3,4)21(20)10-19/h5-10,15,17-18H,11-14,16H2,1-4H3,(H,29,35)(H,31,32,34)/t17-,18+. The van der Waals surface area contributed by atoms with Gasteiger partial charge in [-0.3, -0.25) is 9.59 Å². The third-order valence-corrected chi connectivity index (χ3v) is 7.48. The molecule has 0 saturated carbocycles. The van der Waals surface area contributed by atoms with Crippen LogP contribution in [0.25, 0.3) is 11.4 Å². The zero-order valence-electron chi connectivity index (χ0n) is 22.1. The summed E-state index contributed by atoms with van der Waals surface area (Å²) in [6.45, 7) is 10.9. The fraction of sp³-hybridized carbons (Fsp3) is 0.429. The molecule has 4 heterocycles. The van der Waals surface area contributed by atoms with Crippen LogP contribution in [-0.4, -0.2) is 60.2 Å². The summed E-state index contributed by atoms with van der Waals surface area (Å²) in [6.07, 6.45) is 0.277. The summed E-state index contributed by atoms with van der Waals surface area (Å²) in [5.41, 5.74) is 3.97. The molecule has 0 unspecified atom stereocenters. The molecular formula is C28H33N5O4S. The molecule has 2 atom stereocenters. The third kappa shape index (κ3) is 5.87. The number of pyridine rings is 1. The van der Waals surface area contributed by atoms with Gasteiger partial charge < -0.3 is 25.0 Å². The first-order chi connectivity index (χ1) is 18.2. The number of aromatic nitrogens is 2. The minimum Gasteiger partial charge on any atom is -0.376 e. The van der Waals surface area contributed by atoms with Crippen molar-refractivity contribution >= 4 is 34.1 Å². The Morgan fingerprint density at radius 1 is 1.11 bits per heavy atom. The average molecular weight is 536 g/mol. The molecule has 2 aromatic heterocycles. The number of fused-ring (bicyclic) bond motifs is 1. The summed E-state index contributed by atoms with van der Waals surface area (Å²) < 4.78 is 11.5. The van der Waals surface area contributed by atoms with E-state index in [0.717, 1.165) is 35.7 Å². The third-order valence-electron chi connectivity index (χ3n) is 6.72. The molecule has 2 aliphatic heterocycles. The number of rotatable bonds is 6. The average Bonchev–Trinajstić information content (AvgIpc) is 3.35. The molecule has 1 saturated heterocycles. The highest BCUT2D eigenvalue weighted by atomic mass is 32.1. The molecule has 3 aromatic rings. The van der Waals surface area contributed by atoms with E-state index in [0.29, 0.717) is 29.6 Å². The van der Waals surface area contributed by atoms with Gasteiger partial charge in [-0.05, 0) is 49.2 Å². The number of anilines is 2. The number of ether oxygens (including phenoxy) is 2. The number of amides is 2. The van der Waals surface area contributed by atoms with E-state index < -0.39 is 0 Å². The number of nitrogens with zero attached hydrogens (tertiary/aromatic N) is 3. The lowest BCUT2D eigenvalue weighted by Gasteiger charge is -2.36. The van der Waals surface area contributed by atoms with Gasteiger partial charge in [0.2, 0.25) is 5.91 Å². The van der Waals surface area contributed by atoms with Crippen LogP contribution in [0.3, 0.4) is 0 Å². The Morgan fingerprint density at radius 3 is 2.68 bits per heavy atom. The summed E-state index contributed by atoms with van der Waals surface area (Å²) in [5, 5.41) is 7.80. The maximum atomic E-state index is 12.7. The lowest BCUT2D eigenvalue weighted by molar-refractivity contribution is -0.115. The molecule has 2 amide bonds. The van der Waals surface area contributed by atoms with Crippen molar-refractivity contribution in [2.24, 2.45) is 0 Å². The Bertz CT molecular complexity index is 1330. The van der Waals surface area contributed by atoms with Crippen LogP contribution in [0.5, 0.6) is 0 Å². The molecule has 200 valence electrons. The van der Waals surface area contributed by atoms with Crippen LogP contribution in [0.15, 0.2) is 41.8 Å². The fourth-order valence-electron chi connectivity index (χ4n) is 4.95. The van der Waals surface area contributed by atoms with Crippen molar-refractivity contribution in [1.82, 2.24) is 15.3 Å². The van der Waals surface area contributed by atoms with Crippen molar-refractivity contribution in [2.75, 3.05) is 36.5 Å². The van der Waals surface area contributed by atoms with Gasteiger partial charge >= 0.3 is 0 Å². The molecule has 2 N–H and O–H groups in total.